The average Bonchev–Trinajstić information content (AvgIpc) is 2.27. The molecule has 0 unspecified atom stereocenters. The second-order valence-electron chi connectivity index (χ2n) is 4.17. The van der Waals surface area contributed by atoms with E-state index in [4.69, 9.17) is 0 Å². The van der Waals surface area contributed by atoms with Crippen molar-refractivity contribution in [1.82, 2.24) is 14.3 Å². The van der Waals surface area contributed by atoms with Gasteiger partial charge >= 0.3 is 6.18 Å². The largest absolute Gasteiger partial charge is 0.402 e. The fourth-order valence-electron chi connectivity index (χ4n) is 1.85. The maximum Gasteiger partial charge on any atom is 0.402 e. The highest BCUT2D eigenvalue weighted by molar-refractivity contribution is 7.87. The number of hydrogen-bond donors (Lipinski definition) is 2. The summed E-state index contributed by atoms with van der Waals surface area (Å²) in [6, 6.07) is 0.240. The van der Waals surface area contributed by atoms with Crippen molar-refractivity contribution in [3.8, 4) is 0 Å². The van der Waals surface area contributed by atoms with Crippen LogP contribution in [0.2, 0.25) is 0 Å². The number of hydrogen-bond acceptors (Lipinski definition) is 3. The lowest BCUT2D eigenvalue weighted by molar-refractivity contribution is -0.121. The van der Waals surface area contributed by atoms with Crippen molar-refractivity contribution in [2.45, 2.75) is 32.0 Å². The highest BCUT2D eigenvalue weighted by Crippen LogP contribution is 2.16. The predicted molar refractivity (Wildman–Crippen MR) is 61.2 cm³/mol. The van der Waals surface area contributed by atoms with Crippen LogP contribution < -0.4 is 10.0 Å². The van der Waals surface area contributed by atoms with Crippen molar-refractivity contribution < 1.29 is 21.6 Å². The van der Waals surface area contributed by atoms with Gasteiger partial charge in [0.25, 0.3) is 10.2 Å². The molecule has 1 aliphatic heterocycles. The summed E-state index contributed by atoms with van der Waals surface area (Å²) in [5.41, 5.74) is 0. The second kappa shape index (κ2) is 6.18. The molecule has 0 saturated carbocycles. The van der Waals surface area contributed by atoms with Crippen LogP contribution in [0.5, 0.6) is 0 Å². The molecule has 1 aliphatic rings. The molecule has 0 aromatic carbocycles. The standard InChI is InChI=1S/C9H18F3N3O2S/c1-2-13-8-3-5-15(6-4-8)18(16,17)14-7-9(10,11)12/h8,13-14H,2-7H2,1H3. The zero-order valence-corrected chi connectivity index (χ0v) is 10.9. The first-order chi connectivity index (χ1) is 8.24. The Morgan fingerprint density at radius 1 is 1.28 bits per heavy atom. The molecule has 1 rings (SSSR count). The number of alkyl halides is 3. The van der Waals surface area contributed by atoms with Gasteiger partial charge in [-0.2, -0.15) is 30.6 Å². The van der Waals surface area contributed by atoms with Crippen molar-refractivity contribution in [3.05, 3.63) is 0 Å². The molecule has 108 valence electrons. The highest BCUT2D eigenvalue weighted by atomic mass is 32.2. The van der Waals surface area contributed by atoms with E-state index < -0.39 is 22.9 Å². The van der Waals surface area contributed by atoms with Crippen molar-refractivity contribution >= 4 is 10.2 Å². The molecule has 9 heteroatoms. The van der Waals surface area contributed by atoms with Gasteiger partial charge in [0.15, 0.2) is 0 Å². The lowest BCUT2D eigenvalue weighted by Gasteiger charge is -2.31. The molecule has 0 aliphatic carbocycles. The van der Waals surface area contributed by atoms with Crippen LogP contribution in [0, 0.1) is 0 Å². The van der Waals surface area contributed by atoms with Gasteiger partial charge in [-0.15, -0.1) is 0 Å². The Labute approximate surface area is 105 Å². The summed E-state index contributed by atoms with van der Waals surface area (Å²) in [5, 5.41) is 3.19. The van der Waals surface area contributed by atoms with E-state index >= 15 is 0 Å². The van der Waals surface area contributed by atoms with E-state index in [1.165, 1.54) is 0 Å². The third-order valence-corrected chi connectivity index (χ3v) is 4.30. The van der Waals surface area contributed by atoms with E-state index in [2.05, 4.69) is 5.32 Å². The Bertz CT molecular complexity index is 351. The number of piperidine rings is 1. The van der Waals surface area contributed by atoms with Gasteiger partial charge in [-0.05, 0) is 19.4 Å². The first-order valence-corrected chi connectivity index (χ1v) is 7.23. The number of rotatable bonds is 5. The molecule has 1 saturated heterocycles. The van der Waals surface area contributed by atoms with Crippen LogP contribution in [0.25, 0.3) is 0 Å². The summed E-state index contributed by atoms with van der Waals surface area (Å²) in [4.78, 5) is 0. The second-order valence-corrected chi connectivity index (χ2v) is 5.93. The Balaban J connectivity index is 2.45. The summed E-state index contributed by atoms with van der Waals surface area (Å²) < 4.78 is 61.7. The Morgan fingerprint density at radius 3 is 2.28 bits per heavy atom. The van der Waals surface area contributed by atoms with Crippen LogP contribution in [0.4, 0.5) is 13.2 Å². The number of nitrogens with zero attached hydrogens (tertiary/aromatic N) is 1. The molecule has 18 heavy (non-hydrogen) atoms. The van der Waals surface area contributed by atoms with Gasteiger partial charge in [0.1, 0.15) is 6.54 Å². The minimum atomic E-state index is -4.53. The SMILES string of the molecule is CCNC1CCN(S(=O)(=O)NCC(F)(F)F)CC1. The van der Waals surface area contributed by atoms with Crippen LogP contribution >= 0.6 is 0 Å². The number of nitrogens with one attached hydrogen (secondary N) is 2. The van der Waals surface area contributed by atoms with Gasteiger partial charge in [0.2, 0.25) is 0 Å². The molecule has 0 amide bonds. The minimum absolute atomic E-state index is 0.240. The normalized spacial score (nSPS) is 20.2. The zero-order chi connectivity index (χ0) is 13.8. The molecule has 0 atom stereocenters. The summed E-state index contributed by atoms with van der Waals surface area (Å²) in [5.74, 6) is 0. The molecule has 1 fully saturated rings. The van der Waals surface area contributed by atoms with Gasteiger partial charge < -0.3 is 5.32 Å². The Morgan fingerprint density at radius 2 is 1.83 bits per heavy atom. The summed E-state index contributed by atoms with van der Waals surface area (Å²) in [6.07, 6.45) is -3.31. The van der Waals surface area contributed by atoms with Crippen molar-refractivity contribution in [1.29, 1.82) is 0 Å². The van der Waals surface area contributed by atoms with Gasteiger partial charge in [-0.1, -0.05) is 6.92 Å². The molecule has 0 aromatic heterocycles. The van der Waals surface area contributed by atoms with Crippen molar-refractivity contribution in [3.63, 3.8) is 0 Å². The quantitative estimate of drug-likeness (QED) is 0.773. The zero-order valence-electron chi connectivity index (χ0n) is 10.1. The Kier molecular flexibility index (Phi) is 5.38. The van der Waals surface area contributed by atoms with Crippen molar-refractivity contribution in [2.24, 2.45) is 0 Å². The summed E-state index contributed by atoms with van der Waals surface area (Å²) >= 11 is 0. The summed E-state index contributed by atoms with van der Waals surface area (Å²) in [7, 11) is -4.02. The van der Waals surface area contributed by atoms with Crippen LogP contribution in [0.1, 0.15) is 19.8 Å². The molecular weight excluding hydrogens is 271 g/mol. The van der Waals surface area contributed by atoms with E-state index in [9.17, 15) is 21.6 Å². The van der Waals surface area contributed by atoms with E-state index in [0.717, 1.165) is 10.8 Å². The molecule has 0 radical (unpaired) electrons. The molecule has 2 N–H and O–H groups in total. The van der Waals surface area contributed by atoms with Gasteiger partial charge in [0.05, 0.1) is 0 Å². The molecule has 5 nitrogen and oxygen atoms in total. The molecule has 0 bridgehead atoms. The van der Waals surface area contributed by atoms with E-state index in [1.54, 1.807) is 4.72 Å². The smallest absolute Gasteiger partial charge is 0.314 e. The topological polar surface area (TPSA) is 61.4 Å². The third-order valence-electron chi connectivity index (χ3n) is 2.74. The average molecular weight is 289 g/mol. The van der Waals surface area contributed by atoms with Crippen LogP contribution in [-0.4, -0.2) is 51.1 Å². The fraction of sp³-hybridized carbons (Fsp3) is 1.00. The van der Waals surface area contributed by atoms with E-state index in [-0.39, 0.29) is 19.1 Å². The van der Waals surface area contributed by atoms with Gasteiger partial charge in [-0.25, -0.2) is 0 Å². The maximum atomic E-state index is 12.0. The third kappa shape index (κ3) is 5.09. The van der Waals surface area contributed by atoms with E-state index in [0.29, 0.717) is 12.8 Å². The number of halogens is 3. The predicted octanol–water partition coefficient (Wildman–Crippen LogP) is 0.457. The fourth-order valence-corrected chi connectivity index (χ4v) is 3.07. The van der Waals surface area contributed by atoms with Gasteiger partial charge in [0, 0.05) is 19.1 Å². The first-order valence-electron chi connectivity index (χ1n) is 5.79. The van der Waals surface area contributed by atoms with Crippen molar-refractivity contribution in [2.75, 3.05) is 26.2 Å². The molecule has 0 aromatic rings. The molecular formula is C9H18F3N3O2S. The first kappa shape index (κ1) is 15.7. The molecule has 1 heterocycles. The molecule has 0 spiro atoms. The van der Waals surface area contributed by atoms with Crippen LogP contribution in [0.3, 0.4) is 0 Å². The van der Waals surface area contributed by atoms with Gasteiger partial charge in [-0.3, -0.25) is 0 Å². The minimum Gasteiger partial charge on any atom is -0.314 e. The highest BCUT2D eigenvalue weighted by Gasteiger charge is 2.33. The summed E-state index contributed by atoms with van der Waals surface area (Å²) in [6.45, 7) is 1.70. The van der Waals surface area contributed by atoms with E-state index in [1.807, 2.05) is 6.92 Å². The van der Waals surface area contributed by atoms with Crippen LogP contribution in [-0.2, 0) is 10.2 Å². The lowest BCUT2D eigenvalue weighted by atomic mass is 10.1. The lowest BCUT2D eigenvalue weighted by Crippen LogP contribution is -2.50. The monoisotopic (exact) mass is 289 g/mol. The van der Waals surface area contributed by atoms with Crippen LogP contribution in [0.15, 0.2) is 0 Å². The Hall–Kier alpha value is -0.380. The maximum absolute atomic E-state index is 12.0.